The Bertz CT molecular complexity index is 368. The molecule has 0 unspecified atom stereocenters. The lowest BCUT2D eigenvalue weighted by molar-refractivity contribution is 0.0971. The third kappa shape index (κ3) is 4.55. The Balaban J connectivity index is 2.37. The topological polar surface area (TPSA) is 17.1 Å². The number of rotatable bonds is 8. The standard InChI is InChI=1S/C15H20F2O/c1-2-3-4-5-6-7-11-14(18)15-12(16)9-8-10-13(15)17/h8-10H,2-7,11H2,1H3. The molecular weight excluding hydrogens is 234 g/mol. The van der Waals surface area contributed by atoms with Gasteiger partial charge in [-0.3, -0.25) is 4.79 Å². The van der Waals surface area contributed by atoms with E-state index >= 15 is 0 Å². The normalized spacial score (nSPS) is 10.6. The molecule has 1 rings (SSSR count). The molecule has 0 fully saturated rings. The summed E-state index contributed by atoms with van der Waals surface area (Å²) < 4.78 is 26.6. The van der Waals surface area contributed by atoms with Crippen molar-refractivity contribution in [1.29, 1.82) is 0 Å². The monoisotopic (exact) mass is 254 g/mol. The minimum absolute atomic E-state index is 0.226. The lowest BCUT2D eigenvalue weighted by atomic mass is 10.0. The molecule has 0 aliphatic rings. The van der Waals surface area contributed by atoms with Crippen LogP contribution in [0.5, 0.6) is 0 Å². The van der Waals surface area contributed by atoms with Gasteiger partial charge in [0.15, 0.2) is 5.78 Å². The van der Waals surface area contributed by atoms with Crippen LogP contribution in [0.3, 0.4) is 0 Å². The van der Waals surface area contributed by atoms with Crippen molar-refractivity contribution in [2.75, 3.05) is 0 Å². The molecule has 0 radical (unpaired) electrons. The Morgan fingerprint density at radius 3 is 2.17 bits per heavy atom. The number of unbranched alkanes of at least 4 members (excludes halogenated alkanes) is 5. The summed E-state index contributed by atoms with van der Waals surface area (Å²) in [6.45, 7) is 2.14. The van der Waals surface area contributed by atoms with Crippen LogP contribution in [-0.2, 0) is 0 Å². The lowest BCUT2D eigenvalue weighted by Gasteiger charge is -2.04. The molecule has 1 aromatic rings. The van der Waals surface area contributed by atoms with Crippen molar-refractivity contribution in [2.45, 2.75) is 51.9 Å². The Kier molecular flexibility index (Phi) is 6.55. The van der Waals surface area contributed by atoms with Crippen LogP contribution >= 0.6 is 0 Å². The number of hydrogen-bond donors (Lipinski definition) is 0. The first-order chi connectivity index (χ1) is 8.66. The van der Waals surface area contributed by atoms with Crippen LogP contribution in [0.2, 0.25) is 0 Å². The highest BCUT2D eigenvalue weighted by atomic mass is 19.1. The summed E-state index contributed by atoms with van der Waals surface area (Å²) >= 11 is 0. The molecule has 0 aromatic heterocycles. The van der Waals surface area contributed by atoms with E-state index in [0.717, 1.165) is 25.0 Å². The van der Waals surface area contributed by atoms with Gasteiger partial charge in [0.2, 0.25) is 0 Å². The fourth-order valence-corrected chi connectivity index (χ4v) is 1.96. The summed E-state index contributed by atoms with van der Waals surface area (Å²) in [4.78, 5) is 11.7. The number of Topliss-reactive ketones (excluding diaryl/α,β-unsaturated/α-hetero) is 1. The van der Waals surface area contributed by atoms with Gasteiger partial charge in [-0.25, -0.2) is 8.78 Å². The van der Waals surface area contributed by atoms with Crippen molar-refractivity contribution < 1.29 is 13.6 Å². The lowest BCUT2D eigenvalue weighted by Crippen LogP contribution is -2.05. The highest BCUT2D eigenvalue weighted by Crippen LogP contribution is 2.16. The fraction of sp³-hybridized carbons (Fsp3) is 0.533. The van der Waals surface area contributed by atoms with Crippen molar-refractivity contribution in [3.8, 4) is 0 Å². The molecule has 0 aliphatic heterocycles. The van der Waals surface area contributed by atoms with E-state index in [1.54, 1.807) is 0 Å². The molecule has 0 spiro atoms. The second-order valence-electron chi connectivity index (χ2n) is 4.54. The number of ketones is 1. The summed E-state index contributed by atoms with van der Waals surface area (Å²) in [5.41, 5.74) is -0.383. The largest absolute Gasteiger partial charge is 0.294 e. The maximum absolute atomic E-state index is 13.3. The van der Waals surface area contributed by atoms with E-state index in [4.69, 9.17) is 0 Å². The van der Waals surface area contributed by atoms with E-state index in [-0.39, 0.29) is 12.0 Å². The van der Waals surface area contributed by atoms with E-state index in [1.807, 2.05) is 0 Å². The molecule has 18 heavy (non-hydrogen) atoms. The van der Waals surface area contributed by atoms with E-state index in [0.29, 0.717) is 6.42 Å². The van der Waals surface area contributed by atoms with E-state index in [2.05, 4.69) is 6.92 Å². The van der Waals surface area contributed by atoms with Gasteiger partial charge in [-0.15, -0.1) is 0 Å². The second-order valence-corrected chi connectivity index (χ2v) is 4.54. The number of halogens is 2. The van der Waals surface area contributed by atoms with Gasteiger partial charge < -0.3 is 0 Å². The summed E-state index contributed by atoms with van der Waals surface area (Å²) in [5.74, 6) is -1.95. The van der Waals surface area contributed by atoms with E-state index in [9.17, 15) is 13.6 Å². The first kappa shape index (κ1) is 14.8. The van der Waals surface area contributed by atoms with Crippen LogP contribution in [0.1, 0.15) is 62.2 Å². The minimum atomic E-state index is -0.758. The van der Waals surface area contributed by atoms with E-state index < -0.39 is 17.4 Å². The predicted molar refractivity (Wildman–Crippen MR) is 68.7 cm³/mol. The first-order valence-electron chi connectivity index (χ1n) is 6.64. The summed E-state index contributed by atoms with van der Waals surface area (Å²) in [6, 6.07) is 3.52. The maximum Gasteiger partial charge on any atom is 0.168 e. The Morgan fingerprint density at radius 2 is 1.56 bits per heavy atom. The quantitative estimate of drug-likeness (QED) is 0.476. The number of benzene rings is 1. The zero-order valence-electron chi connectivity index (χ0n) is 10.8. The zero-order chi connectivity index (χ0) is 13.4. The molecule has 3 heteroatoms. The highest BCUT2D eigenvalue weighted by molar-refractivity contribution is 5.96. The van der Waals surface area contributed by atoms with Crippen molar-refractivity contribution in [3.63, 3.8) is 0 Å². The van der Waals surface area contributed by atoms with Gasteiger partial charge in [0.05, 0.1) is 5.56 Å². The molecular formula is C15H20F2O. The molecule has 100 valence electrons. The van der Waals surface area contributed by atoms with Crippen LogP contribution < -0.4 is 0 Å². The Morgan fingerprint density at radius 1 is 1.00 bits per heavy atom. The highest BCUT2D eigenvalue weighted by Gasteiger charge is 2.15. The van der Waals surface area contributed by atoms with Crippen LogP contribution in [0.25, 0.3) is 0 Å². The van der Waals surface area contributed by atoms with Crippen molar-refractivity contribution in [2.24, 2.45) is 0 Å². The number of hydrogen-bond acceptors (Lipinski definition) is 1. The first-order valence-corrected chi connectivity index (χ1v) is 6.64. The van der Waals surface area contributed by atoms with Crippen LogP contribution in [0, 0.1) is 11.6 Å². The average Bonchev–Trinajstić information content (AvgIpc) is 2.33. The molecule has 1 aromatic carbocycles. The maximum atomic E-state index is 13.3. The molecule has 0 bridgehead atoms. The van der Waals surface area contributed by atoms with Crippen molar-refractivity contribution >= 4 is 5.78 Å². The smallest absolute Gasteiger partial charge is 0.168 e. The second kappa shape index (κ2) is 7.96. The van der Waals surface area contributed by atoms with Gasteiger partial charge in [0, 0.05) is 6.42 Å². The molecule has 0 heterocycles. The fourth-order valence-electron chi connectivity index (χ4n) is 1.96. The van der Waals surface area contributed by atoms with Gasteiger partial charge in [-0.2, -0.15) is 0 Å². The van der Waals surface area contributed by atoms with Gasteiger partial charge in [-0.1, -0.05) is 45.1 Å². The molecule has 0 atom stereocenters. The molecule has 0 saturated carbocycles. The van der Waals surface area contributed by atoms with Crippen molar-refractivity contribution in [1.82, 2.24) is 0 Å². The summed E-state index contributed by atoms with van der Waals surface area (Å²) in [5, 5.41) is 0. The molecule has 0 saturated heterocycles. The van der Waals surface area contributed by atoms with Gasteiger partial charge >= 0.3 is 0 Å². The SMILES string of the molecule is CCCCCCCCC(=O)c1c(F)cccc1F. The van der Waals surface area contributed by atoms with Crippen molar-refractivity contribution in [3.05, 3.63) is 35.4 Å². The Hall–Kier alpha value is -1.25. The van der Waals surface area contributed by atoms with Gasteiger partial charge in [0.1, 0.15) is 11.6 Å². The number of carbonyl (C=O) groups excluding carboxylic acids is 1. The minimum Gasteiger partial charge on any atom is -0.294 e. The van der Waals surface area contributed by atoms with Gasteiger partial charge in [-0.05, 0) is 18.6 Å². The predicted octanol–water partition coefficient (Wildman–Crippen LogP) is 4.90. The average molecular weight is 254 g/mol. The summed E-state index contributed by atoms with van der Waals surface area (Å²) in [6.07, 6.45) is 6.51. The van der Waals surface area contributed by atoms with E-state index in [1.165, 1.54) is 25.3 Å². The zero-order valence-corrected chi connectivity index (χ0v) is 10.8. The number of carbonyl (C=O) groups is 1. The van der Waals surface area contributed by atoms with Crippen LogP contribution in [0.15, 0.2) is 18.2 Å². The Labute approximate surface area is 107 Å². The van der Waals surface area contributed by atoms with Crippen LogP contribution in [-0.4, -0.2) is 5.78 Å². The van der Waals surface area contributed by atoms with Gasteiger partial charge in [0.25, 0.3) is 0 Å². The third-order valence-corrected chi connectivity index (χ3v) is 3.00. The molecule has 0 N–H and O–H groups in total. The van der Waals surface area contributed by atoms with Crippen LogP contribution in [0.4, 0.5) is 8.78 Å². The molecule has 1 nitrogen and oxygen atoms in total. The third-order valence-electron chi connectivity index (χ3n) is 3.00. The summed E-state index contributed by atoms with van der Waals surface area (Å²) in [7, 11) is 0. The molecule has 0 amide bonds. The molecule has 0 aliphatic carbocycles.